The number of nitrogens with two attached hydrogens (primary N) is 1. The van der Waals surface area contributed by atoms with Crippen LogP contribution in [0.5, 0.6) is 0 Å². The van der Waals surface area contributed by atoms with Gasteiger partial charge < -0.3 is 16.0 Å². The number of likely N-dealkylation sites (tertiary alicyclic amines) is 1. The number of likely N-dealkylation sites (N-methyl/N-ethyl adjacent to an activating group) is 1. The first-order chi connectivity index (χ1) is 8.13. The molecule has 1 aliphatic heterocycles. The lowest BCUT2D eigenvalue weighted by Crippen LogP contribution is -2.46. The van der Waals surface area contributed by atoms with Gasteiger partial charge in [0.15, 0.2) is 0 Å². The molecular weight excluding hydrogens is 218 g/mol. The summed E-state index contributed by atoms with van der Waals surface area (Å²) < 4.78 is 0. The van der Waals surface area contributed by atoms with Gasteiger partial charge in [0.25, 0.3) is 0 Å². The van der Waals surface area contributed by atoms with Crippen molar-refractivity contribution in [2.75, 3.05) is 13.6 Å². The molecule has 2 aliphatic rings. The second kappa shape index (κ2) is 5.04. The summed E-state index contributed by atoms with van der Waals surface area (Å²) in [5.41, 5.74) is 5.83. The second-order valence-electron chi connectivity index (χ2n) is 5.07. The van der Waals surface area contributed by atoms with E-state index in [0.29, 0.717) is 6.54 Å². The maximum Gasteiger partial charge on any atom is 0.242 e. The zero-order valence-corrected chi connectivity index (χ0v) is 10.3. The molecule has 3 N–H and O–H groups in total. The number of nitrogens with zero attached hydrogens (tertiary/aromatic N) is 1. The third-order valence-corrected chi connectivity index (χ3v) is 3.91. The van der Waals surface area contributed by atoms with E-state index in [1.165, 1.54) is 0 Å². The average molecular weight is 239 g/mol. The fourth-order valence-electron chi connectivity index (χ4n) is 2.94. The molecule has 3 atom stereocenters. The molecule has 96 valence electrons. The highest BCUT2D eigenvalue weighted by Crippen LogP contribution is 2.29. The topological polar surface area (TPSA) is 75.4 Å². The first-order valence-corrected chi connectivity index (χ1v) is 6.41. The van der Waals surface area contributed by atoms with Crippen LogP contribution in [0.4, 0.5) is 0 Å². The predicted molar refractivity (Wildman–Crippen MR) is 64.1 cm³/mol. The molecule has 0 spiro atoms. The highest BCUT2D eigenvalue weighted by molar-refractivity contribution is 5.89. The van der Waals surface area contributed by atoms with E-state index in [4.69, 9.17) is 5.73 Å². The van der Waals surface area contributed by atoms with Crippen molar-refractivity contribution in [2.24, 2.45) is 11.7 Å². The Morgan fingerprint density at radius 3 is 2.65 bits per heavy atom. The van der Waals surface area contributed by atoms with Crippen molar-refractivity contribution < 1.29 is 9.59 Å². The van der Waals surface area contributed by atoms with E-state index in [0.717, 1.165) is 32.1 Å². The summed E-state index contributed by atoms with van der Waals surface area (Å²) in [6.45, 7) is 0.711. The second-order valence-corrected chi connectivity index (χ2v) is 5.07. The summed E-state index contributed by atoms with van der Waals surface area (Å²) in [5.74, 6) is 0.123. The maximum atomic E-state index is 12.3. The molecule has 0 bridgehead atoms. The van der Waals surface area contributed by atoms with Crippen LogP contribution in [0, 0.1) is 5.92 Å². The van der Waals surface area contributed by atoms with Crippen LogP contribution in [0.3, 0.4) is 0 Å². The third-order valence-electron chi connectivity index (χ3n) is 3.91. The zero-order valence-electron chi connectivity index (χ0n) is 10.3. The van der Waals surface area contributed by atoms with Crippen molar-refractivity contribution in [3.05, 3.63) is 0 Å². The fourth-order valence-corrected chi connectivity index (χ4v) is 2.94. The van der Waals surface area contributed by atoms with Gasteiger partial charge in [0, 0.05) is 25.6 Å². The smallest absolute Gasteiger partial charge is 0.242 e. The fraction of sp³-hybridized carbons (Fsp3) is 0.833. The standard InChI is InChI=1S/C12H21N3O2/c1-14-11(16)10-3-2-6-15(10)12(17)8-4-5-9(13)7-8/h8-10H,2-7,13H2,1H3,(H,14,16)/t8-,9+,10+/m1/s1. The molecule has 2 amide bonds. The highest BCUT2D eigenvalue weighted by atomic mass is 16.2. The molecule has 1 heterocycles. The molecule has 5 heteroatoms. The minimum atomic E-state index is -0.260. The first kappa shape index (κ1) is 12.4. The lowest BCUT2D eigenvalue weighted by Gasteiger charge is -2.26. The van der Waals surface area contributed by atoms with E-state index in [1.807, 2.05) is 0 Å². The van der Waals surface area contributed by atoms with E-state index in [2.05, 4.69) is 5.32 Å². The lowest BCUT2D eigenvalue weighted by atomic mass is 10.1. The Hall–Kier alpha value is -1.10. The largest absolute Gasteiger partial charge is 0.357 e. The van der Waals surface area contributed by atoms with Gasteiger partial charge in [-0.05, 0) is 32.1 Å². The third kappa shape index (κ3) is 2.44. The normalized spacial score (nSPS) is 32.8. The summed E-state index contributed by atoms with van der Waals surface area (Å²) in [6.07, 6.45) is 4.27. The van der Waals surface area contributed by atoms with Crippen LogP contribution in [0.2, 0.25) is 0 Å². The summed E-state index contributed by atoms with van der Waals surface area (Å²) in [6, 6.07) is -0.102. The minimum Gasteiger partial charge on any atom is -0.357 e. The average Bonchev–Trinajstić information content (AvgIpc) is 2.95. The van der Waals surface area contributed by atoms with Gasteiger partial charge in [0.05, 0.1) is 0 Å². The Kier molecular flexibility index (Phi) is 3.66. The summed E-state index contributed by atoms with van der Waals surface area (Å²) in [4.78, 5) is 25.7. The van der Waals surface area contributed by atoms with E-state index >= 15 is 0 Å². The zero-order chi connectivity index (χ0) is 12.4. The molecule has 17 heavy (non-hydrogen) atoms. The van der Waals surface area contributed by atoms with Crippen molar-refractivity contribution in [1.82, 2.24) is 10.2 Å². The lowest BCUT2D eigenvalue weighted by molar-refractivity contribution is -0.141. The van der Waals surface area contributed by atoms with Crippen molar-refractivity contribution in [3.8, 4) is 0 Å². The summed E-state index contributed by atoms with van der Waals surface area (Å²) >= 11 is 0. The van der Waals surface area contributed by atoms with E-state index in [-0.39, 0.29) is 29.8 Å². The molecule has 1 saturated carbocycles. The number of hydrogen-bond donors (Lipinski definition) is 2. The molecule has 2 fully saturated rings. The van der Waals surface area contributed by atoms with Crippen LogP contribution >= 0.6 is 0 Å². The molecule has 0 unspecified atom stereocenters. The van der Waals surface area contributed by atoms with Crippen LogP contribution in [-0.2, 0) is 9.59 Å². The number of amides is 2. The van der Waals surface area contributed by atoms with Gasteiger partial charge >= 0.3 is 0 Å². The first-order valence-electron chi connectivity index (χ1n) is 6.41. The highest BCUT2D eigenvalue weighted by Gasteiger charge is 2.38. The molecule has 0 aromatic heterocycles. The molecule has 0 aromatic carbocycles. The molecule has 1 aliphatic carbocycles. The van der Waals surface area contributed by atoms with Crippen molar-refractivity contribution in [1.29, 1.82) is 0 Å². The minimum absolute atomic E-state index is 0.0373. The molecule has 1 saturated heterocycles. The van der Waals surface area contributed by atoms with Crippen LogP contribution in [0.1, 0.15) is 32.1 Å². The molecule has 2 rings (SSSR count). The number of nitrogens with one attached hydrogen (secondary N) is 1. The van der Waals surface area contributed by atoms with Gasteiger partial charge in [0.1, 0.15) is 6.04 Å². The van der Waals surface area contributed by atoms with Gasteiger partial charge in [-0.15, -0.1) is 0 Å². The van der Waals surface area contributed by atoms with E-state index < -0.39 is 0 Å². The van der Waals surface area contributed by atoms with E-state index in [9.17, 15) is 9.59 Å². The van der Waals surface area contributed by atoms with Gasteiger partial charge in [-0.3, -0.25) is 9.59 Å². The maximum absolute atomic E-state index is 12.3. The quantitative estimate of drug-likeness (QED) is 0.703. The Bertz CT molecular complexity index is 319. The molecule has 5 nitrogen and oxygen atoms in total. The van der Waals surface area contributed by atoms with Gasteiger partial charge in [-0.2, -0.15) is 0 Å². The van der Waals surface area contributed by atoms with Crippen LogP contribution < -0.4 is 11.1 Å². The monoisotopic (exact) mass is 239 g/mol. The number of carbonyl (C=O) groups excluding carboxylic acids is 2. The van der Waals surface area contributed by atoms with E-state index in [1.54, 1.807) is 11.9 Å². The Labute approximate surface area is 102 Å². The van der Waals surface area contributed by atoms with Crippen LogP contribution in [0.25, 0.3) is 0 Å². The van der Waals surface area contributed by atoms with Gasteiger partial charge in [-0.25, -0.2) is 0 Å². The van der Waals surface area contributed by atoms with Crippen molar-refractivity contribution >= 4 is 11.8 Å². The van der Waals surface area contributed by atoms with Gasteiger partial charge in [0.2, 0.25) is 11.8 Å². The number of hydrogen-bond acceptors (Lipinski definition) is 3. The number of rotatable bonds is 2. The molecule has 0 aromatic rings. The SMILES string of the molecule is CNC(=O)[C@@H]1CCCN1C(=O)[C@@H]1CC[C@H](N)C1. The Morgan fingerprint density at radius 1 is 1.29 bits per heavy atom. The van der Waals surface area contributed by atoms with Crippen molar-refractivity contribution in [2.45, 2.75) is 44.2 Å². The van der Waals surface area contributed by atoms with Crippen LogP contribution in [-0.4, -0.2) is 42.4 Å². The molecule has 0 radical (unpaired) electrons. The van der Waals surface area contributed by atoms with Gasteiger partial charge in [-0.1, -0.05) is 0 Å². The Morgan fingerprint density at radius 2 is 2.06 bits per heavy atom. The Balaban J connectivity index is 2.01. The van der Waals surface area contributed by atoms with Crippen LogP contribution in [0.15, 0.2) is 0 Å². The van der Waals surface area contributed by atoms with Crippen molar-refractivity contribution in [3.63, 3.8) is 0 Å². The summed E-state index contributed by atoms with van der Waals surface area (Å²) in [5, 5.41) is 2.63. The number of carbonyl (C=O) groups is 2. The predicted octanol–water partition coefficient (Wildman–Crippen LogP) is -0.149. The molecular formula is C12H21N3O2. The summed E-state index contributed by atoms with van der Waals surface area (Å²) in [7, 11) is 1.62.